The fourth-order valence-corrected chi connectivity index (χ4v) is 2.95. The van der Waals surface area contributed by atoms with Gasteiger partial charge in [-0.2, -0.15) is 0 Å². The lowest BCUT2D eigenvalue weighted by atomic mass is 10.1. The summed E-state index contributed by atoms with van der Waals surface area (Å²) >= 11 is 6.03. The highest BCUT2D eigenvalue weighted by atomic mass is 35.5. The average molecular weight is 416 g/mol. The molecule has 1 N–H and O–H groups in total. The van der Waals surface area contributed by atoms with Crippen LogP contribution >= 0.6 is 11.6 Å². The molecule has 0 bridgehead atoms. The van der Waals surface area contributed by atoms with Gasteiger partial charge in [-0.25, -0.2) is 5.01 Å². The van der Waals surface area contributed by atoms with Gasteiger partial charge in [0.2, 0.25) is 5.75 Å². The maximum Gasteiger partial charge on any atom is 0.313 e. The number of hydrazine groups is 1. The Kier molecular flexibility index (Phi) is 5.30. The molecule has 8 nitrogen and oxygen atoms in total. The molecule has 9 heteroatoms. The van der Waals surface area contributed by atoms with Crippen molar-refractivity contribution in [3.8, 4) is 5.75 Å². The molecule has 0 spiro atoms. The lowest BCUT2D eigenvalue weighted by Crippen LogP contribution is -2.35. The first-order valence-electron chi connectivity index (χ1n) is 8.66. The summed E-state index contributed by atoms with van der Waals surface area (Å²) in [5.41, 5.74) is 1.82. The van der Waals surface area contributed by atoms with Crippen molar-refractivity contribution in [2.45, 2.75) is 26.4 Å². The first-order valence-corrected chi connectivity index (χ1v) is 9.04. The molecule has 0 saturated carbocycles. The molecule has 1 fully saturated rings. The number of nitro groups is 1. The molecule has 0 aliphatic carbocycles. The summed E-state index contributed by atoms with van der Waals surface area (Å²) in [7, 11) is 0. The summed E-state index contributed by atoms with van der Waals surface area (Å²) < 4.78 is 5.77. The lowest BCUT2D eigenvalue weighted by molar-refractivity contribution is -0.386. The van der Waals surface area contributed by atoms with E-state index in [2.05, 4.69) is 5.43 Å². The fraction of sp³-hybridized carbons (Fsp3) is 0.200. The van der Waals surface area contributed by atoms with Gasteiger partial charge < -0.3 is 4.74 Å². The Morgan fingerprint density at radius 3 is 2.41 bits per heavy atom. The number of hydrogen-bond acceptors (Lipinski definition) is 5. The molecule has 0 radical (unpaired) electrons. The van der Waals surface area contributed by atoms with E-state index < -0.39 is 22.3 Å². The molecule has 29 heavy (non-hydrogen) atoms. The quantitative estimate of drug-likeness (QED) is 0.353. The second kappa shape index (κ2) is 7.56. The second-order valence-corrected chi connectivity index (χ2v) is 7.73. The number of nitrogens with one attached hydrogen (secondary N) is 1. The fourth-order valence-electron chi connectivity index (χ4n) is 2.73. The standard InChI is InChI=1S/C20H18ClN3O5/c1-20(2,3)29-17-12(9-13(21)11-16(17)24(27)28)10-15-18(25)22-23(19(15)26)14-7-5-4-6-8-14/h4-11H,1-3H3,(H,22,25). The Morgan fingerprint density at radius 2 is 1.83 bits per heavy atom. The summed E-state index contributed by atoms with van der Waals surface area (Å²) in [5, 5.41) is 12.7. The molecular formula is C20H18ClN3O5. The van der Waals surface area contributed by atoms with E-state index in [-0.39, 0.29) is 27.6 Å². The van der Waals surface area contributed by atoms with E-state index >= 15 is 0 Å². The molecule has 1 aliphatic heterocycles. The molecule has 1 aliphatic rings. The van der Waals surface area contributed by atoms with E-state index in [9.17, 15) is 19.7 Å². The van der Waals surface area contributed by atoms with Crippen LogP contribution in [0, 0.1) is 10.1 Å². The molecule has 1 heterocycles. The summed E-state index contributed by atoms with van der Waals surface area (Å²) in [6.07, 6.45) is 1.25. The third-order valence-electron chi connectivity index (χ3n) is 3.87. The molecule has 2 amide bonds. The minimum absolute atomic E-state index is 0.0711. The molecule has 1 saturated heterocycles. The zero-order valence-electron chi connectivity index (χ0n) is 15.9. The van der Waals surface area contributed by atoms with Crippen LogP contribution in [0.4, 0.5) is 11.4 Å². The van der Waals surface area contributed by atoms with E-state index in [0.29, 0.717) is 5.69 Å². The van der Waals surface area contributed by atoms with Gasteiger partial charge in [-0.15, -0.1) is 0 Å². The first kappa shape index (κ1) is 20.3. The molecule has 3 rings (SSSR count). The number of amides is 2. The van der Waals surface area contributed by atoms with Crippen molar-refractivity contribution in [3.05, 3.63) is 68.7 Å². The number of nitrogens with zero attached hydrogens (tertiary/aromatic N) is 2. The first-order chi connectivity index (χ1) is 13.6. The van der Waals surface area contributed by atoms with Crippen LogP contribution in [0.2, 0.25) is 5.02 Å². The number of para-hydroxylation sites is 1. The van der Waals surface area contributed by atoms with Gasteiger partial charge in [0.25, 0.3) is 11.8 Å². The Morgan fingerprint density at radius 1 is 1.17 bits per heavy atom. The van der Waals surface area contributed by atoms with E-state index in [4.69, 9.17) is 16.3 Å². The van der Waals surface area contributed by atoms with Crippen LogP contribution in [0.15, 0.2) is 48.0 Å². The van der Waals surface area contributed by atoms with Gasteiger partial charge in [0.05, 0.1) is 10.6 Å². The van der Waals surface area contributed by atoms with E-state index in [1.165, 1.54) is 12.1 Å². The third-order valence-corrected chi connectivity index (χ3v) is 4.09. The molecule has 0 unspecified atom stereocenters. The smallest absolute Gasteiger partial charge is 0.313 e. The van der Waals surface area contributed by atoms with Gasteiger partial charge in [-0.05, 0) is 45.0 Å². The van der Waals surface area contributed by atoms with Crippen LogP contribution in [-0.2, 0) is 9.59 Å². The van der Waals surface area contributed by atoms with Crippen molar-refractivity contribution in [1.29, 1.82) is 0 Å². The van der Waals surface area contributed by atoms with Crippen LogP contribution in [0.25, 0.3) is 6.08 Å². The van der Waals surface area contributed by atoms with Gasteiger partial charge in [-0.3, -0.25) is 25.1 Å². The molecule has 2 aromatic carbocycles. The Balaban J connectivity index is 2.11. The Hall–Kier alpha value is -3.39. The van der Waals surface area contributed by atoms with Crippen LogP contribution in [0.1, 0.15) is 26.3 Å². The summed E-state index contributed by atoms with van der Waals surface area (Å²) in [5.74, 6) is -1.30. The second-order valence-electron chi connectivity index (χ2n) is 7.29. The summed E-state index contributed by atoms with van der Waals surface area (Å²) in [4.78, 5) is 36.1. The van der Waals surface area contributed by atoms with Crippen LogP contribution in [0.5, 0.6) is 5.75 Å². The predicted octanol–water partition coefficient (Wildman–Crippen LogP) is 3.89. The molecule has 0 aromatic heterocycles. The lowest BCUT2D eigenvalue weighted by Gasteiger charge is -2.22. The van der Waals surface area contributed by atoms with Crippen molar-refractivity contribution in [1.82, 2.24) is 5.43 Å². The average Bonchev–Trinajstić information content (AvgIpc) is 2.91. The largest absolute Gasteiger partial charge is 0.481 e. The van der Waals surface area contributed by atoms with E-state index in [1.807, 2.05) is 0 Å². The van der Waals surface area contributed by atoms with Crippen LogP contribution in [-0.4, -0.2) is 22.3 Å². The number of hydrogen-bond donors (Lipinski definition) is 1. The number of benzene rings is 2. The number of anilines is 1. The van der Waals surface area contributed by atoms with Gasteiger partial charge in [0, 0.05) is 16.7 Å². The van der Waals surface area contributed by atoms with Crippen LogP contribution < -0.4 is 15.2 Å². The Bertz CT molecular complexity index is 1030. The normalized spacial score (nSPS) is 15.6. The number of ether oxygens (including phenoxy) is 1. The molecule has 2 aromatic rings. The highest BCUT2D eigenvalue weighted by Gasteiger charge is 2.35. The zero-order chi connectivity index (χ0) is 21.3. The van der Waals surface area contributed by atoms with Gasteiger partial charge in [0.15, 0.2) is 0 Å². The summed E-state index contributed by atoms with van der Waals surface area (Å²) in [6, 6.07) is 11.1. The maximum atomic E-state index is 12.8. The minimum atomic E-state index is -0.760. The molecule has 0 atom stereocenters. The number of carbonyl (C=O) groups is 2. The van der Waals surface area contributed by atoms with E-state index in [0.717, 1.165) is 11.1 Å². The number of rotatable bonds is 4. The van der Waals surface area contributed by atoms with Crippen molar-refractivity contribution < 1.29 is 19.2 Å². The molecular weight excluding hydrogens is 398 g/mol. The SMILES string of the molecule is CC(C)(C)Oc1c(C=C2C(=O)NN(c3ccccc3)C2=O)cc(Cl)cc1[N+](=O)[O-]. The zero-order valence-corrected chi connectivity index (χ0v) is 16.7. The van der Waals surface area contributed by atoms with Gasteiger partial charge in [-0.1, -0.05) is 29.8 Å². The van der Waals surface area contributed by atoms with Crippen LogP contribution in [0.3, 0.4) is 0 Å². The Labute approximate surface area is 171 Å². The number of carbonyl (C=O) groups excluding carboxylic acids is 2. The highest BCUT2D eigenvalue weighted by molar-refractivity contribution is 6.32. The van der Waals surface area contributed by atoms with Crippen molar-refractivity contribution in [3.63, 3.8) is 0 Å². The van der Waals surface area contributed by atoms with Gasteiger partial charge >= 0.3 is 5.69 Å². The molecule has 150 valence electrons. The third kappa shape index (κ3) is 4.38. The minimum Gasteiger partial charge on any atom is -0.481 e. The highest BCUT2D eigenvalue weighted by Crippen LogP contribution is 2.38. The van der Waals surface area contributed by atoms with Crippen molar-refractivity contribution in [2.75, 3.05) is 5.01 Å². The summed E-state index contributed by atoms with van der Waals surface area (Å²) in [6.45, 7) is 5.19. The monoisotopic (exact) mass is 415 g/mol. The van der Waals surface area contributed by atoms with E-state index in [1.54, 1.807) is 51.1 Å². The van der Waals surface area contributed by atoms with Crippen molar-refractivity contribution in [2.24, 2.45) is 0 Å². The number of nitro benzene ring substituents is 1. The van der Waals surface area contributed by atoms with Gasteiger partial charge in [0.1, 0.15) is 11.2 Å². The maximum absolute atomic E-state index is 12.8. The predicted molar refractivity (Wildman–Crippen MR) is 109 cm³/mol. The topological polar surface area (TPSA) is 102 Å². The number of halogens is 1. The van der Waals surface area contributed by atoms with Crippen molar-refractivity contribution >= 4 is 40.9 Å².